The lowest BCUT2D eigenvalue weighted by Crippen LogP contribution is -2.21. The van der Waals surface area contributed by atoms with Gasteiger partial charge in [0.05, 0.1) is 20.8 Å². The Balaban J connectivity index is 1.76. The van der Waals surface area contributed by atoms with Crippen LogP contribution < -0.4 is 10.1 Å². The highest BCUT2D eigenvalue weighted by molar-refractivity contribution is 6.43. The van der Waals surface area contributed by atoms with Gasteiger partial charge in [-0.1, -0.05) is 76.7 Å². The standard InChI is InChI=1S/C21H13Cl4NO3/c22-13-6-7-18(14(8-13)21(28)12-4-2-1-3-5-12)26-20(27)11-29-19-10-16(24)15(23)9-17(19)25/h1-10H,11H2,(H,26,27). The molecule has 0 bridgehead atoms. The first-order chi connectivity index (χ1) is 13.8. The van der Waals surface area contributed by atoms with E-state index < -0.39 is 5.91 Å². The Kier molecular flexibility index (Phi) is 7.04. The van der Waals surface area contributed by atoms with Gasteiger partial charge < -0.3 is 10.1 Å². The Morgan fingerprint density at radius 1 is 0.828 bits per heavy atom. The zero-order valence-electron chi connectivity index (χ0n) is 14.7. The van der Waals surface area contributed by atoms with Crippen LogP contribution in [0.1, 0.15) is 15.9 Å². The smallest absolute Gasteiger partial charge is 0.262 e. The molecule has 1 amide bonds. The number of hydrogen-bond donors (Lipinski definition) is 1. The normalized spacial score (nSPS) is 10.5. The zero-order chi connectivity index (χ0) is 21.0. The van der Waals surface area contributed by atoms with E-state index in [4.69, 9.17) is 51.1 Å². The summed E-state index contributed by atoms with van der Waals surface area (Å²) < 4.78 is 5.42. The van der Waals surface area contributed by atoms with Gasteiger partial charge in [-0.15, -0.1) is 0 Å². The predicted molar refractivity (Wildman–Crippen MR) is 117 cm³/mol. The molecule has 0 atom stereocenters. The highest BCUT2D eigenvalue weighted by atomic mass is 35.5. The maximum absolute atomic E-state index is 12.8. The topological polar surface area (TPSA) is 55.4 Å². The van der Waals surface area contributed by atoms with Gasteiger partial charge >= 0.3 is 0 Å². The quantitative estimate of drug-likeness (QED) is 0.329. The van der Waals surface area contributed by atoms with E-state index in [0.29, 0.717) is 16.3 Å². The maximum atomic E-state index is 12.8. The van der Waals surface area contributed by atoms with Crippen LogP contribution in [0.5, 0.6) is 5.75 Å². The lowest BCUT2D eigenvalue weighted by atomic mass is 10.0. The second-order valence-corrected chi connectivity index (χ2v) is 7.58. The third kappa shape index (κ3) is 5.43. The van der Waals surface area contributed by atoms with Gasteiger partial charge in [0.25, 0.3) is 5.91 Å². The number of hydrogen-bond acceptors (Lipinski definition) is 3. The molecule has 0 saturated carbocycles. The van der Waals surface area contributed by atoms with E-state index in [1.165, 1.54) is 18.2 Å². The predicted octanol–water partition coefficient (Wildman–Crippen LogP) is 6.55. The van der Waals surface area contributed by atoms with Gasteiger partial charge in [-0.25, -0.2) is 0 Å². The van der Waals surface area contributed by atoms with E-state index >= 15 is 0 Å². The molecular weight excluding hydrogens is 456 g/mol. The van der Waals surface area contributed by atoms with Gasteiger partial charge in [0, 0.05) is 22.2 Å². The number of carbonyl (C=O) groups is 2. The summed E-state index contributed by atoms with van der Waals surface area (Å²) in [6, 6.07) is 16.2. The lowest BCUT2D eigenvalue weighted by Gasteiger charge is -2.13. The molecule has 0 saturated heterocycles. The molecule has 0 aliphatic heterocycles. The number of ether oxygens (including phenoxy) is 1. The number of benzene rings is 3. The third-order valence-corrected chi connectivity index (χ3v) is 5.12. The Bertz CT molecular complexity index is 1070. The van der Waals surface area contributed by atoms with E-state index in [0.717, 1.165) is 0 Å². The molecule has 0 radical (unpaired) electrons. The summed E-state index contributed by atoms with van der Waals surface area (Å²) in [7, 11) is 0. The van der Waals surface area contributed by atoms with Crippen molar-refractivity contribution in [1.29, 1.82) is 0 Å². The summed E-state index contributed by atoms with van der Waals surface area (Å²) in [5.74, 6) is -0.540. The van der Waals surface area contributed by atoms with Crippen molar-refractivity contribution >= 4 is 63.8 Å². The van der Waals surface area contributed by atoms with Crippen molar-refractivity contribution in [1.82, 2.24) is 0 Å². The molecule has 4 nitrogen and oxygen atoms in total. The summed E-state index contributed by atoms with van der Waals surface area (Å²) in [4.78, 5) is 25.2. The van der Waals surface area contributed by atoms with Gasteiger partial charge in [0.15, 0.2) is 12.4 Å². The monoisotopic (exact) mass is 467 g/mol. The van der Waals surface area contributed by atoms with E-state index in [-0.39, 0.29) is 38.8 Å². The van der Waals surface area contributed by atoms with Crippen molar-refractivity contribution in [3.8, 4) is 5.75 Å². The molecule has 148 valence electrons. The van der Waals surface area contributed by atoms with Gasteiger partial charge in [0.1, 0.15) is 5.75 Å². The molecule has 0 aliphatic carbocycles. The van der Waals surface area contributed by atoms with E-state index in [1.807, 2.05) is 6.07 Å². The van der Waals surface area contributed by atoms with Crippen LogP contribution in [-0.2, 0) is 4.79 Å². The number of halogens is 4. The molecule has 0 unspecified atom stereocenters. The molecule has 0 heterocycles. The van der Waals surface area contributed by atoms with E-state index in [9.17, 15) is 9.59 Å². The molecule has 3 aromatic rings. The molecule has 29 heavy (non-hydrogen) atoms. The molecular formula is C21H13Cl4NO3. The van der Waals surface area contributed by atoms with Crippen LogP contribution in [0.3, 0.4) is 0 Å². The largest absolute Gasteiger partial charge is 0.482 e. The molecule has 8 heteroatoms. The van der Waals surface area contributed by atoms with Crippen LogP contribution in [0, 0.1) is 0 Å². The van der Waals surface area contributed by atoms with Crippen molar-refractivity contribution in [2.75, 3.05) is 11.9 Å². The number of rotatable bonds is 6. The van der Waals surface area contributed by atoms with Crippen molar-refractivity contribution in [2.24, 2.45) is 0 Å². The van der Waals surface area contributed by atoms with Crippen LogP contribution in [0.15, 0.2) is 60.7 Å². The van der Waals surface area contributed by atoms with Crippen LogP contribution >= 0.6 is 46.4 Å². The average Bonchev–Trinajstić information content (AvgIpc) is 2.71. The first-order valence-corrected chi connectivity index (χ1v) is 9.83. The molecule has 1 N–H and O–H groups in total. The molecule has 3 rings (SSSR count). The van der Waals surface area contributed by atoms with Crippen LogP contribution in [0.2, 0.25) is 20.1 Å². The fourth-order valence-corrected chi connectivity index (χ4v) is 3.27. The SMILES string of the molecule is O=C(COc1cc(Cl)c(Cl)cc1Cl)Nc1ccc(Cl)cc1C(=O)c1ccccc1. The highest BCUT2D eigenvalue weighted by Gasteiger charge is 2.17. The Morgan fingerprint density at radius 3 is 2.24 bits per heavy atom. The Hall–Kier alpha value is -2.24. The summed E-state index contributed by atoms with van der Waals surface area (Å²) in [6.07, 6.45) is 0. The minimum atomic E-state index is -0.489. The number of nitrogens with one attached hydrogen (secondary N) is 1. The lowest BCUT2D eigenvalue weighted by molar-refractivity contribution is -0.118. The molecule has 0 spiro atoms. The maximum Gasteiger partial charge on any atom is 0.262 e. The molecule has 3 aromatic carbocycles. The fraction of sp³-hybridized carbons (Fsp3) is 0.0476. The minimum Gasteiger partial charge on any atom is -0.482 e. The zero-order valence-corrected chi connectivity index (χ0v) is 17.7. The first-order valence-electron chi connectivity index (χ1n) is 8.31. The van der Waals surface area contributed by atoms with Gasteiger partial charge in [0.2, 0.25) is 0 Å². The Labute approximate surface area is 187 Å². The first kappa shape index (κ1) is 21.5. The Morgan fingerprint density at radius 2 is 1.52 bits per heavy atom. The number of carbonyl (C=O) groups excluding carboxylic acids is 2. The van der Waals surface area contributed by atoms with Gasteiger partial charge in [-0.3, -0.25) is 9.59 Å². The molecule has 0 fully saturated rings. The number of ketones is 1. The number of amides is 1. The van der Waals surface area contributed by atoms with Crippen LogP contribution in [0.25, 0.3) is 0 Å². The van der Waals surface area contributed by atoms with Gasteiger partial charge in [-0.05, 0) is 24.3 Å². The average molecular weight is 469 g/mol. The fourth-order valence-electron chi connectivity index (χ4n) is 2.50. The summed E-state index contributed by atoms with van der Waals surface area (Å²) >= 11 is 23.9. The number of anilines is 1. The second-order valence-electron chi connectivity index (χ2n) is 5.92. The van der Waals surface area contributed by atoms with Crippen molar-refractivity contribution in [2.45, 2.75) is 0 Å². The summed E-state index contributed by atoms with van der Waals surface area (Å²) in [5, 5.41) is 3.78. The minimum absolute atomic E-state index is 0.216. The molecule has 0 aromatic heterocycles. The van der Waals surface area contributed by atoms with Gasteiger partial charge in [-0.2, -0.15) is 0 Å². The van der Waals surface area contributed by atoms with E-state index in [2.05, 4.69) is 5.32 Å². The summed E-state index contributed by atoms with van der Waals surface area (Å²) in [6.45, 7) is -0.348. The highest BCUT2D eigenvalue weighted by Crippen LogP contribution is 2.33. The summed E-state index contributed by atoms with van der Waals surface area (Å²) in [5.41, 5.74) is 1.06. The van der Waals surface area contributed by atoms with Crippen LogP contribution in [-0.4, -0.2) is 18.3 Å². The molecule has 0 aliphatic rings. The van der Waals surface area contributed by atoms with Crippen LogP contribution in [0.4, 0.5) is 5.69 Å². The van der Waals surface area contributed by atoms with E-state index in [1.54, 1.807) is 36.4 Å². The second kappa shape index (κ2) is 9.51. The van der Waals surface area contributed by atoms with Crippen molar-refractivity contribution in [3.05, 3.63) is 91.9 Å². The van der Waals surface area contributed by atoms with Crippen molar-refractivity contribution in [3.63, 3.8) is 0 Å². The van der Waals surface area contributed by atoms with Crippen molar-refractivity contribution < 1.29 is 14.3 Å². The third-order valence-electron chi connectivity index (χ3n) is 3.87.